The van der Waals surface area contributed by atoms with E-state index in [-0.39, 0.29) is 23.8 Å². The highest BCUT2D eigenvalue weighted by molar-refractivity contribution is 6.08. The van der Waals surface area contributed by atoms with E-state index in [9.17, 15) is 18.4 Å². The van der Waals surface area contributed by atoms with E-state index in [0.717, 1.165) is 0 Å². The minimum Gasteiger partial charge on any atom is -0.477 e. The van der Waals surface area contributed by atoms with Gasteiger partial charge in [0.2, 0.25) is 0 Å². The topological polar surface area (TPSA) is 67.9 Å². The molecule has 26 heavy (non-hydrogen) atoms. The number of benzene rings is 2. The Morgan fingerprint density at radius 3 is 2.73 bits per heavy atom. The van der Waals surface area contributed by atoms with E-state index < -0.39 is 18.6 Å². The molecule has 1 atom stereocenters. The first-order valence-electron chi connectivity index (χ1n) is 7.83. The highest BCUT2D eigenvalue weighted by atomic mass is 19.3. The van der Waals surface area contributed by atoms with Gasteiger partial charge in [0.15, 0.2) is 6.10 Å². The lowest BCUT2D eigenvalue weighted by Gasteiger charge is -2.34. The molecule has 1 heterocycles. The van der Waals surface area contributed by atoms with Crippen molar-refractivity contribution in [2.45, 2.75) is 12.7 Å². The van der Waals surface area contributed by atoms with Gasteiger partial charge in [-0.1, -0.05) is 18.2 Å². The Bertz CT molecular complexity index is 828. The summed E-state index contributed by atoms with van der Waals surface area (Å²) < 4.78 is 34.8. The zero-order valence-electron chi connectivity index (χ0n) is 13.8. The number of carbonyl (C=O) groups is 2. The molecule has 0 aliphatic carbocycles. The molecule has 3 rings (SSSR count). The fourth-order valence-corrected chi connectivity index (χ4v) is 2.69. The lowest BCUT2D eigenvalue weighted by molar-refractivity contribution is -0.127. The largest absolute Gasteiger partial charge is 0.477 e. The number of hydrogen-bond acceptors (Lipinski definition) is 4. The van der Waals surface area contributed by atoms with Gasteiger partial charge < -0.3 is 19.7 Å². The molecular formula is C18H16F2N2O4. The molecule has 8 heteroatoms. The molecule has 0 aromatic heterocycles. The third-order valence-corrected chi connectivity index (χ3v) is 3.86. The quantitative estimate of drug-likeness (QED) is 0.907. The SMILES string of the molecule is CNC(=O)[C@@H]1CN(C(=O)c2cccc(OC(F)F)c2)c2ccccc2O1. The van der Waals surface area contributed by atoms with E-state index in [2.05, 4.69) is 10.1 Å². The van der Waals surface area contributed by atoms with Crippen molar-refractivity contribution in [1.29, 1.82) is 0 Å². The highest BCUT2D eigenvalue weighted by Gasteiger charge is 2.33. The smallest absolute Gasteiger partial charge is 0.387 e. The van der Waals surface area contributed by atoms with Crippen molar-refractivity contribution < 1.29 is 27.8 Å². The predicted octanol–water partition coefficient (Wildman–Crippen LogP) is 2.44. The summed E-state index contributed by atoms with van der Waals surface area (Å²) in [6, 6.07) is 12.3. The molecule has 6 nitrogen and oxygen atoms in total. The van der Waals surface area contributed by atoms with Gasteiger partial charge in [0.05, 0.1) is 12.2 Å². The normalized spacial score (nSPS) is 15.8. The average molecular weight is 362 g/mol. The number of anilines is 1. The monoisotopic (exact) mass is 362 g/mol. The Morgan fingerprint density at radius 2 is 2.00 bits per heavy atom. The van der Waals surface area contributed by atoms with Crippen LogP contribution in [0, 0.1) is 0 Å². The molecule has 2 aromatic carbocycles. The van der Waals surface area contributed by atoms with Crippen LogP contribution >= 0.6 is 0 Å². The lowest BCUT2D eigenvalue weighted by atomic mass is 10.1. The Balaban J connectivity index is 1.94. The maximum atomic E-state index is 13.0. The van der Waals surface area contributed by atoms with Gasteiger partial charge in [0.1, 0.15) is 11.5 Å². The van der Waals surface area contributed by atoms with Crippen LogP contribution in [0.25, 0.3) is 0 Å². The molecule has 0 saturated heterocycles. The summed E-state index contributed by atoms with van der Waals surface area (Å²) in [5.74, 6) is -0.544. The van der Waals surface area contributed by atoms with Gasteiger partial charge in [-0.2, -0.15) is 8.78 Å². The number of hydrogen-bond donors (Lipinski definition) is 1. The van der Waals surface area contributed by atoms with E-state index in [4.69, 9.17) is 4.74 Å². The van der Waals surface area contributed by atoms with Gasteiger partial charge in [0.25, 0.3) is 11.8 Å². The Labute approximate surface area is 148 Å². The zero-order valence-corrected chi connectivity index (χ0v) is 13.8. The number of halogens is 2. The van der Waals surface area contributed by atoms with E-state index in [1.54, 1.807) is 24.3 Å². The average Bonchev–Trinajstić information content (AvgIpc) is 2.65. The van der Waals surface area contributed by atoms with Gasteiger partial charge in [-0.15, -0.1) is 0 Å². The van der Waals surface area contributed by atoms with E-state index >= 15 is 0 Å². The van der Waals surface area contributed by atoms with Crippen LogP contribution in [0.3, 0.4) is 0 Å². The van der Waals surface area contributed by atoms with Crippen LogP contribution < -0.4 is 19.7 Å². The third kappa shape index (κ3) is 3.58. The molecule has 136 valence electrons. The summed E-state index contributed by atoms with van der Waals surface area (Å²) in [6.45, 7) is -2.99. The fraction of sp³-hybridized carbons (Fsp3) is 0.222. The van der Waals surface area contributed by atoms with Crippen molar-refractivity contribution >= 4 is 17.5 Å². The number of ether oxygens (including phenoxy) is 2. The molecule has 0 spiro atoms. The number of amides is 2. The Morgan fingerprint density at radius 1 is 1.23 bits per heavy atom. The van der Waals surface area contributed by atoms with Crippen LogP contribution in [0.2, 0.25) is 0 Å². The molecule has 1 aliphatic rings. The lowest BCUT2D eigenvalue weighted by Crippen LogP contribution is -2.50. The van der Waals surface area contributed by atoms with Crippen LogP contribution in [0.5, 0.6) is 11.5 Å². The molecule has 0 unspecified atom stereocenters. The number of carbonyl (C=O) groups excluding carboxylic acids is 2. The molecule has 0 fully saturated rings. The van der Waals surface area contributed by atoms with Crippen molar-refractivity contribution in [2.75, 3.05) is 18.5 Å². The summed E-state index contributed by atoms with van der Waals surface area (Å²) >= 11 is 0. The summed E-state index contributed by atoms with van der Waals surface area (Å²) in [7, 11) is 1.48. The zero-order chi connectivity index (χ0) is 18.7. The van der Waals surface area contributed by atoms with Gasteiger partial charge in [-0.25, -0.2) is 0 Å². The fourth-order valence-electron chi connectivity index (χ4n) is 2.69. The second-order valence-electron chi connectivity index (χ2n) is 5.51. The van der Waals surface area contributed by atoms with Crippen molar-refractivity contribution in [3.8, 4) is 11.5 Å². The molecule has 1 aliphatic heterocycles. The summed E-state index contributed by atoms with van der Waals surface area (Å²) in [6.07, 6.45) is -0.876. The van der Waals surface area contributed by atoms with E-state index in [1.165, 1.54) is 36.2 Å². The van der Waals surface area contributed by atoms with Crippen LogP contribution in [0.4, 0.5) is 14.5 Å². The van der Waals surface area contributed by atoms with Crippen molar-refractivity contribution in [3.63, 3.8) is 0 Å². The number of alkyl halides is 2. The van der Waals surface area contributed by atoms with Crippen molar-refractivity contribution in [1.82, 2.24) is 5.32 Å². The van der Waals surface area contributed by atoms with Gasteiger partial charge in [-0.3, -0.25) is 9.59 Å². The standard InChI is InChI=1S/C18H16F2N2O4/c1-21-16(23)15-10-22(13-7-2-3-8-14(13)26-15)17(24)11-5-4-6-12(9-11)25-18(19)20/h2-9,15,18H,10H2,1H3,(H,21,23)/t15-/m0/s1. The molecule has 0 bridgehead atoms. The summed E-state index contributed by atoms with van der Waals surface area (Å²) in [4.78, 5) is 26.3. The number of nitrogens with one attached hydrogen (secondary N) is 1. The van der Waals surface area contributed by atoms with Crippen LogP contribution in [-0.2, 0) is 4.79 Å². The third-order valence-electron chi connectivity index (χ3n) is 3.86. The Hall–Kier alpha value is -3.16. The maximum Gasteiger partial charge on any atom is 0.387 e. The molecule has 2 aromatic rings. The van der Waals surface area contributed by atoms with Gasteiger partial charge in [-0.05, 0) is 30.3 Å². The molecular weight excluding hydrogens is 346 g/mol. The second kappa shape index (κ2) is 7.38. The minimum absolute atomic E-state index is 0.00451. The molecule has 1 N–H and O–H groups in total. The van der Waals surface area contributed by atoms with Crippen LogP contribution in [-0.4, -0.2) is 38.1 Å². The first-order valence-corrected chi connectivity index (χ1v) is 7.83. The van der Waals surface area contributed by atoms with Gasteiger partial charge in [0, 0.05) is 12.6 Å². The number of nitrogens with zero attached hydrogens (tertiary/aromatic N) is 1. The Kier molecular flexibility index (Phi) is 5.01. The van der Waals surface area contributed by atoms with Gasteiger partial charge >= 0.3 is 6.61 Å². The van der Waals surface area contributed by atoms with E-state index in [1.807, 2.05) is 0 Å². The number of para-hydroxylation sites is 2. The molecule has 0 saturated carbocycles. The molecule has 2 amide bonds. The highest BCUT2D eigenvalue weighted by Crippen LogP contribution is 2.34. The maximum absolute atomic E-state index is 13.0. The van der Waals surface area contributed by atoms with E-state index in [0.29, 0.717) is 11.4 Å². The van der Waals surface area contributed by atoms with Crippen molar-refractivity contribution in [2.24, 2.45) is 0 Å². The number of likely N-dealkylation sites (N-methyl/N-ethyl adjacent to an activating group) is 1. The first kappa shape index (κ1) is 17.7. The van der Waals surface area contributed by atoms with Crippen molar-refractivity contribution in [3.05, 3.63) is 54.1 Å². The van der Waals surface area contributed by atoms with Crippen LogP contribution in [0.1, 0.15) is 10.4 Å². The summed E-state index contributed by atoms with van der Waals surface area (Å²) in [5.41, 5.74) is 0.661. The number of rotatable bonds is 4. The van der Waals surface area contributed by atoms with Crippen LogP contribution in [0.15, 0.2) is 48.5 Å². The predicted molar refractivity (Wildman–Crippen MR) is 89.7 cm³/mol. The second-order valence-corrected chi connectivity index (χ2v) is 5.51. The first-order chi connectivity index (χ1) is 12.5. The molecule has 0 radical (unpaired) electrons. The minimum atomic E-state index is -2.98. The summed E-state index contributed by atoms with van der Waals surface area (Å²) in [5, 5.41) is 2.49. The number of fused-ring (bicyclic) bond motifs is 1.